The molecule has 0 bridgehead atoms. The SMILES string of the molecule is COc1cc2c(c(OC)c1OC)-c1ccccc1COC2. The first kappa shape index (κ1) is 13.8. The fourth-order valence-corrected chi connectivity index (χ4v) is 2.78. The highest BCUT2D eigenvalue weighted by Gasteiger charge is 2.25. The van der Waals surface area contributed by atoms with Crippen LogP contribution in [0.3, 0.4) is 0 Å². The van der Waals surface area contributed by atoms with Gasteiger partial charge in [0, 0.05) is 5.56 Å². The Morgan fingerprint density at radius 3 is 2.29 bits per heavy atom. The van der Waals surface area contributed by atoms with Crippen molar-refractivity contribution in [1.82, 2.24) is 0 Å². The monoisotopic (exact) mass is 286 g/mol. The second-order valence-electron chi connectivity index (χ2n) is 4.83. The van der Waals surface area contributed by atoms with E-state index in [0.717, 1.165) is 22.3 Å². The van der Waals surface area contributed by atoms with Crippen molar-refractivity contribution in [2.45, 2.75) is 13.2 Å². The van der Waals surface area contributed by atoms with Crippen molar-refractivity contribution >= 4 is 0 Å². The smallest absolute Gasteiger partial charge is 0.203 e. The predicted octanol–water partition coefficient (Wildman–Crippen LogP) is 3.41. The molecule has 0 radical (unpaired) electrons. The molecule has 0 unspecified atom stereocenters. The average Bonchev–Trinajstić information content (AvgIpc) is 2.71. The van der Waals surface area contributed by atoms with Crippen LogP contribution < -0.4 is 14.2 Å². The number of rotatable bonds is 3. The molecule has 1 aliphatic rings. The van der Waals surface area contributed by atoms with E-state index < -0.39 is 0 Å². The average molecular weight is 286 g/mol. The minimum Gasteiger partial charge on any atom is -0.493 e. The van der Waals surface area contributed by atoms with Crippen molar-refractivity contribution in [3.05, 3.63) is 41.5 Å². The summed E-state index contributed by atoms with van der Waals surface area (Å²) in [6, 6.07) is 10.1. The van der Waals surface area contributed by atoms with Gasteiger partial charge in [-0.2, -0.15) is 0 Å². The maximum Gasteiger partial charge on any atom is 0.203 e. The molecule has 0 spiro atoms. The van der Waals surface area contributed by atoms with Crippen LogP contribution >= 0.6 is 0 Å². The summed E-state index contributed by atoms with van der Waals surface area (Å²) in [5, 5.41) is 0. The Morgan fingerprint density at radius 2 is 1.57 bits per heavy atom. The molecule has 2 aromatic carbocycles. The highest BCUT2D eigenvalue weighted by Crippen LogP contribution is 2.48. The highest BCUT2D eigenvalue weighted by molar-refractivity contribution is 5.81. The Hall–Kier alpha value is -2.20. The standard InChI is InChI=1S/C17H18O4/c1-18-14-8-12-10-21-9-11-6-4-5-7-13(11)15(12)17(20-3)16(14)19-2/h4-8H,9-10H2,1-3H3. The zero-order chi connectivity index (χ0) is 14.8. The van der Waals surface area contributed by atoms with E-state index in [2.05, 4.69) is 12.1 Å². The van der Waals surface area contributed by atoms with Gasteiger partial charge in [0.05, 0.1) is 34.5 Å². The zero-order valence-corrected chi connectivity index (χ0v) is 12.4. The highest BCUT2D eigenvalue weighted by atomic mass is 16.5. The van der Waals surface area contributed by atoms with Crippen LogP contribution in [0.25, 0.3) is 11.1 Å². The summed E-state index contributed by atoms with van der Waals surface area (Å²) in [5.74, 6) is 1.94. The molecule has 3 rings (SSSR count). The van der Waals surface area contributed by atoms with Gasteiger partial charge in [0.25, 0.3) is 0 Å². The third-order valence-electron chi connectivity index (χ3n) is 3.71. The first-order chi connectivity index (χ1) is 10.3. The molecule has 0 aromatic heterocycles. The van der Waals surface area contributed by atoms with Gasteiger partial charge < -0.3 is 18.9 Å². The summed E-state index contributed by atoms with van der Waals surface area (Å²) in [6.45, 7) is 1.10. The lowest BCUT2D eigenvalue weighted by molar-refractivity contribution is 0.109. The lowest BCUT2D eigenvalue weighted by Crippen LogP contribution is -2.00. The number of hydrogen-bond donors (Lipinski definition) is 0. The van der Waals surface area contributed by atoms with Crippen LogP contribution in [0.5, 0.6) is 17.2 Å². The third-order valence-corrected chi connectivity index (χ3v) is 3.71. The van der Waals surface area contributed by atoms with Gasteiger partial charge >= 0.3 is 0 Å². The van der Waals surface area contributed by atoms with E-state index in [0.29, 0.717) is 30.5 Å². The Morgan fingerprint density at radius 1 is 0.857 bits per heavy atom. The summed E-state index contributed by atoms with van der Waals surface area (Å²) in [5.41, 5.74) is 4.31. The molecule has 1 aliphatic heterocycles. The maximum absolute atomic E-state index is 5.77. The van der Waals surface area contributed by atoms with Crippen LogP contribution in [0.2, 0.25) is 0 Å². The Kier molecular flexibility index (Phi) is 3.71. The molecular formula is C17H18O4. The molecule has 0 saturated heterocycles. The lowest BCUT2D eigenvalue weighted by atomic mass is 9.95. The van der Waals surface area contributed by atoms with Crippen LogP contribution in [-0.4, -0.2) is 21.3 Å². The topological polar surface area (TPSA) is 36.9 Å². The molecule has 0 N–H and O–H groups in total. The molecule has 0 aliphatic carbocycles. The van der Waals surface area contributed by atoms with E-state index in [1.807, 2.05) is 18.2 Å². The second-order valence-corrected chi connectivity index (χ2v) is 4.83. The van der Waals surface area contributed by atoms with Crippen LogP contribution in [0.15, 0.2) is 30.3 Å². The second kappa shape index (κ2) is 5.66. The van der Waals surface area contributed by atoms with Crippen molar-refractivity contribution in [3.8, 4) is 28.4 Å². The van der Waals surface area contributed by atoms with E-state index in [1.54, 1.807) is 21.3 Å². The van der Waals surface area contributed by atoms with Gasteiger partial charge in [0.15, 0.2) is 11.5 Å². The van der Waals surface area contributed by atoms with Crippen LogP contribution in [-0.2, 0) is 18.0 Å². The van der Waals surface area contributed by atoms with Crippen molar-refractivity contribution < 1.29 is 18.9 Å². The Labute approximate surface area is 124 Å². The number of ether oxygens (including phenoxy) is 4. The summed E-state index contributed by atoms with van der Waals surface area (Å²) < 4.78 is 22.3. The van der Waals surface area contributed by atoms with Crippen molar-refractivity contribution in [1.29, 1.82) is 0 Å². The summed E-state index contributed by atoms with van der Waals surface area (Å²) in [4.78, 5) is 0. The van der Waals surface area contributed by atoms with Crippen LogP contribution in [0.1, 0.15) is 11.1 Å². The van der Waals surface area contributed by atoms with Crippen LogP contribution in [0.4, 0.5) is 0 Å². The molecule has 2 aromatic rings. The van der Waals surface area contributed by atoms with Crippen LogP contribution in [0, 0.1) is 0 Å². The first-order valence-electron chi connectivity index (χ1n) is 6.78. The van der Waals surface area contributed by atoms with Gasteiger partial charge in [-0.15, -0.1) is 0 Å². The predicted molar refractivity (Wildman–Crippen MR) is 80.0 cm³/mol. The number of fused-ring (bicyclic) bond motifs is 3. The minimum atomic E-state index is 0.515. The van der Waals surface area contributed by atoms with Crippen molar-refractivity contribution in [2.75, 3.05) is 21.3 Å². The summed E-state index contributed by atoms with van der Waals surface area (Å²) in [6.07, 6.45) is 0. The fourth-order valence-electron chi connectivity index (χ4n) is 2.78. The van der Waals surface area contributed by atoms with E-state index >= 15 is 0 Å². The first-order valence-corrected chi connectivity index (χ1v) is 6.78. The molecule has 4 nitrogen and oxygen atoms in total. The van der Waals surface area contributed by atoms with Gasteiger partial charge in [-0.3, -0.25) is 0 Å². The van der Waals surface area contributed by atoms with E-state index in [4.69, 9.17) is 18.9 Å². The molecule has 1 heterocycles. The normalized spacial score (nSPS) is 12.9. The fraction of sp³-hybridized carbons (Fsp3) is 0.294. The largest absolute Gasteiger partial charge is 0.493 e. The summed E-state index contributed by atoms with van der Waals surface area (Å²) in [7, 11) is 4.88. The minimum absolute atomic E-state index is 0.515. The molecule has 110 valence electrons. The molecule has 0 saturated carbocycles. The zero-order valence-electron chi connectivity index (χ0n) is 12.4. The van der Waals surface area contributed by atoms with Gasteiger partial charge in [-0.1, -0.05) is 24.3 Å². The molecule has 0 fully saturated rings. The van der Waals surface area contributed by atoms with Gasteiger partial charge in [-0.25, -0.2) is 0 Å². The quantitative estimate of drug-likeness (QED) is 0.866. The number of benzene rings is 2. The molecular weight excluding hydrogens is 268 g/mol. The number of hydrogen-bond acceptors (Lipinski definition) is 4. The Bertz CT molecular complexity index is 664. The van der Waals surface area contributed by atoms with Gasteiger partial charge in [-0.05, 0) is 22.8 Å². The lowest BCUT2D eigenvalue weighted by Gasteiger charge is -2.19. The molecule has 0 amide bonds. The molecule has 21 heavy (non-hydrogen) atoms. The van der Waals surface area contributed by atoms with E-state index in [1.165, 1.54) is 0 Å². The van der Waals surface area contributed by atoms with Crippen molar-refractivity contribution in [3.63, 3.8) is 0 Å². The van der Waals surface area contributed by atoms with Crippen molar-refractivity contribution in [2.24, 2.45) is 0 Å². The Balaban J connectivity index is 2.35. The van der Waals surface area contributed by atoms with Gasteiger partial charge in [0.2, 0.25) is 5.75 Å². The van der Waals surface area contributed by atoms with Gasteiger partial charge in [0.1, 0.15) is 0 Å². The van der Waals surface area contributed by atoms with E-state index in [-0.39, 0.29) is 0 Å². The van der Waals surface area contributed by atoms with E-state index in [9.17, 15) is 0 Å². The summed E-state index contributed by atoms with van der Waals surface area (Å²) >= 11 is 0. The molecule has 4 heteroatoms. The third kappa shape index (κ3) is 2.21. The maximum atomic E-state index is 5.77. The number of methoxy groups -OCH3 is 3. The molecule has 0 atom stereocenters.